The molecule has 9 heteroatoms. The van der Waals surface area contributed by atoms with Crippen molar-refractivity contribution in [1.29, 1.82) is 0 Å². The van der Waals surface area contributed by atoms with Gasteiger partial charge in [0.15, 0.2) is 5.75 Å². The summed E-state index contributed by atoms with van der Waals surface area (Å²) in [5.74, 6) is -3.99. The fourth-order valence-electron chi connectivity index (χ4n) is 1.22. The van der Waals surface area contributed by atoms with Gasteiger partial charge in [-0.05, 0) is 11.6 Å². The van der Waals surface area contributed by atoms with Gasteiger partial charge in [-0.3, -0.25) is 4.79 Å². The molecule has 3 N–H and O–H groups in total. The third-order valence-corrected chi connectivity index (χ3v) is 1.88. The van der Waals surface area contributed by atoms with E-state index in [9.17, 15) is 22.4 Å². The smallest absolute Gasteiger partial charge is 0.481 e. The van der Waals surface area contributed by atoms with Crippen molar-refractivity contribution in [3.05, 3.63) is 23.3 Å². The molecule has 1 aromatic heterocycles. The molecule has 0 radical (unpaired) electrons. The minimum absolute atomic E-state index is 0.0296. The average Bonchev–Trinajstić information content (AvgIpc) is 2.19. The lowest BCUT2D eigenvalue weighted by Gasteiger charge is -2.12. The van der Waals surface area contributed by atoms with E-state index in [1.807, 2.05) is 0 Å². The lowest BCUT2D eigenvalue weighted by molar-refractivity contribution is -0.275. The highest BCUT2D eigenvalue weighted by Gasteiger charge is 2.33. The highest BCUT2D eigenvalue weighted by molar-refractivity contribution is 5.70. The summed E-state index contributed by atoms with van der Waals surface area (Å²) in [4.78, 5) is 13.6. The second kappa shape index (κ2) is 5.17. The van der Waals surface area contributed by atoms with Gasteiger partial charge in [0.05, 0.1) is 12.1 Å². The minimum atomic E-state index is -5.07. The summed E-state index contributed by atoms with van der Waals surface area (Å²) in [6, 6.07) is 0.689. The molecule has 5 nitrogen and oxygen atoms in total. The lowest BCUT2D eigenvalue weighted by Crippen LogP contribution is -2.19. The van der Waals surface area contributed by atoms with Crippen molar-refractivity contribution < 1.29 is 32.2 Å². The SMILES string of the molecule is NCc1cc(OC(F)(F)F)c(F)nc1CC(=O)O. The molecule has 0 saturated heterocycles. The number of carboxylic acid groups (broad SMARTS) is 1. The summed E-state index contributed by atoms with van der Waals surface area (Å²) in [6.45, 7) is -0.288. The molecular formula is C9H8F4N2O3. The highest BCUT2D eigenvalue weighted by Crippen LogP contribution is 2.26. The number of hydrogen-bond donors (Lipinski definition) is 2. The molecule has 0 aliphatic rings. The minimum Gasteiger partial charge on any atom is -0.481 e. The van der Waals surface area contributed by atoms with E-state index in [1.54, 1.807) is 0 Å². The molecule has 0 amide bonds. The van der Waals surface area contributed by atoms with Crippen LogP contribution in [-0.2, 0) is 17.8 Å². The zero-order valence-electron chi connectivity index (χ0n) is 8.79. The first-order valence-electron chi connectivity index (χ1n) is 4.59. The van der Waals surface area contributed by atoms with E-state index in [0.717, 1.165) is 0 Å². The van der Waals surface area contributed by atoms with Gasteiger partial charge in [-0.15, -0.1) is 13.2 Å². The number of halogens is 4. The molecule has 0 aromatic carbocycles. The van der Waals surface area contributed by atoms with Crippen LogP contribution < -0.4 is 10.5 Å². The van der Waals surface area contributed by atoms with Crippen molar-refractivity contribution in [3.8, 4) is 5.75 Å². The van der Waals surface area contributed by atoms with Gasteiger partial charge in [-0.2, -0.15) is 4.39 Å². The number of carbonyl (C=O) groups is 1. The molecule has 0 unspecified atom stereocenters. The van der Waals surface area contributed by atoms with Crippen molar-refractivity contribution >= 4 is 5.97 Å². The van der Waals surface area contributed by atoms with Crippen LogP contribution in [0.4, 0.5) is 17.6 Å². The molecule has 1 aromatic rings. The van der Waals surface area contributed by atoms with E-state index >= 15 is 0 Å². The topological polar surface area (TPSA) is 85.4 Å². The predicted octanol–water partition coefficient (Wildman–Crippen LogP) is 1.21. The van der Waals surface area contributed by atoms with Crippen LogP contribution in [0.5, 0.6) is 5.75 Å². The number of pyridine rings is 1. The predicted molar refractivity (Wildman–Crippen MR) is 50.1 cm³/mol. The standard InChI is InChI=1S/C9H8F4N2O3/c10-8-6(18-9(11,12)13)1-4(3-14)5(15-8)2-7(16)17/h1H,2-3,14H2,(H,16,17). The van der Waals surface area contributed by atoms with Crippen LogP contribution in [0.2, 0.25) is 0 Å². The number of nitrogens with two attached hydrogens (primary N) is 1. The van der Waals surface area contributed by atoms with Gasteiger partial charge in [0.2, 0.25) is 0 Å². The maximum Gasteiger partial charge on any atom is 0.573 e. The van der Waals surface area contributed by atoms with Gasteiger partial charge in [0, 0.05) is 6.54 Å². The van der Waals surface area contributed by atoms with Crippen LogP contribution in [0.1, 0.15) is 11.3 Å². The average molecular weight is 268 g/mol. The maximum atomic E-state index is 13.2. The Labute approximate surface area is 98.2 Å². The third kappa shape index (κ3) is 3.84. The lowest BCUT2D eigenvalue weighted by atomic mass is 10.1. The van der Waals surface area contributed by atoms with Gasteiger partial charge in [-0.25, -0.2) is 4.98 Å². The Hall–Kier alpha value is -1.90. The molecule has 0 fully saturated rings. The van der Waals surface area contributed by atoms with Crippen molar-refractivity contribution in [2.75, 3.05) is 0 Å². The first-order chi connectivity index (χ1) is 8.23. The molecule has 0 saturated carbocycles. The highest BCUT2D eigenvalue weighted by atomic mass is 19.4. The van der Waals surface area contributed by atoms with Gasteiger partial charge >= 0.3 is 12.3 Å². The summed E-state index contributed by atoms with van der Waals surface area (Å²) in [7, 11) is 0. The van der Waals surface area contributed by atoms with Crippen molar-refractivity contribution in [1.82, 2.24) is 4.98 Å². The normalized spacial score (nSPS) is 11.4. The van der Waals surface area contributed by atoms with E-state index in [4.69, 9.17) is 10.8 Å². The second-order valence-corrected chi connectivity index (χ2v) is 3.21. The fraction of sp³-hybridized carbons (Fsp3) is 0.333. The molecule has 1 rings (SSSR count). The van der Waals surface area contributed by atoms with E-state index in [2.05, 4.69) is 9.72 Å². The van der Waals surface area contributed by atoms with Crippen LogP contribution in [0.25, 0.3) is 0 Å². The van der Waals surface area contributed by atoms with Crippen LogP contribution in [-0.4, -0.2) is 22.4 Å². The number of nitrogens with zero attached hydrogens (tertiary/aromatic N) is 1. The number of hydrogen-bond acceptors (Lipinski definition) is 4. The number of aromatic nitrogens is 1. The maximum absolute atomic E-state index is 13.2. The molecule has 0 atom stereocenters. The Morgan fingerprint density at radius 1 is 1.50 bits per heavy atom. The van der Waals surface area contributed by atoms with Crippen molar-refractivity contribution in [2.45, 2.75) is 19.3 Å². The van der Waals surface area contributed by atoms with Crippen molar-refractivity contribution in [3.63, 3.8) is 0 Å². The van der Waals surface area contributed by atoms with Crippen LogP contribution in [0.15, 0.2) is 6.07 Å². The summed E-state index contributed by atoms with van der Waals surface area (Å²) >= 11 is 0. The van der Waals surface area contributed by atoms with Crippen LogP contribution in [0.3, 0.4) is 0 Å². The Morgan fingerprint density at radius 2 is 2.11 bits per heavy atom. The summed E-state index contributed by atoms with van der Waals surface area (Å²) in [5.41, 5.74) is 4.95. The van der Waals surface area contributed by atoms with Crippen LogP contribution in [0, 0.1) is 5.95 Å². The molecule has 18 heavy (non-hydrogen) atoms. The Balaban J connectivity index is 3.13. The number of alkyl halides is 3. The molecule has 100 valence electrons. The van der Waals surface area contributed by atoms with Crippen molar-refractivity contribution in [2.24, 2.45) is 5.73 Å². The van der Waals surface area contributed by atoms with Gasteiger partial charge in [-0.1, -0.05) is 0 Å². The first kappa shape index (κ1) is 14.2. The molecule has 0 bridgehead atoms. The fourth-order valence-corrected chi connectivity index (χ4v) is 1.22. The number of carboxylic acids is 1. The Morgan fingerprint density at radius 3 is 2.56 bits per heavy atom. The molecule has 0 aliphatic heterocycles. The van der Waals surface area contributed by atoms with E-state index in [0.29, 0.717) is 6.07 Å². The molecule has 0 spiro atoms. The quantitative estimate of drug-likeness (QED) is 0.633. The zero-order valence-corrected chi connectivity index (χ0v) is 8.79. The number of rotatable bonds is 4. The summed E-state index contributed by atoms with van der Waals surface area (Å²) in [6.07, 6.45) is -5.71. The first-order valence-corrected chi connectivity index (χ1v) is 4.59. The van der Waals surface area contributed by atoms with Crippen LogP contribution >= 0.6 is 0 Å². The molecule has 0 aliphatic carbocycles. The third-order valence-electron chi connectivity index (χ3n) is 1.88. The number of aliphatic carboxylic acids is 1. The Kier molecular flexibility index (Phi) is 4.07. The number of ether oxygens (including phenoxy) is 1. The Bertz CT molecular complexity index is 462. The van der Waals surface area contributed by atoms with E-state index in [1.165, 1.54) is 0 Å². The van der Waals surface area contributed by atoms with Gasteiger partial charge < -0.3 is 15.6 Å². The van der Waals surface area contributed by atoms with E-state index < -0.39 is 30.4 Å². The zero-order chi connectivity index (χ0) is 13.9. The molecule has 1 heterocycles. The monoisotopic (exact) mass is 268 g/mol. The van der Waals surface area contributed by atoms with E-state index in [-0.39, 0.29) is 17.8 Å². The largest absolute Gasteiger partial charge is 0.573 e. The summed E-state index contributed by atoms with van der Waals surface area (Å²) in [5, 5.41) is 8.52. The summed E-state index contributed by atoms with van der Waals surface area (Å²) < 4.78 is 52.3. The van der Waals surface area contributed by atoms with Gasteiger partial charge in [0.1, 0.15) is 0 Å². The molecular weight excluding hydrogens is 260 g/mol. The van der Waals surface area contributed by atoms with Gasteiger partial charge in [0.25, 0.3) is 5.95 Å². The second-order valence-electron chi connectivity index (χ2n) is 3.21.